The number of nitrogens with one attached hydrogen (secondary N) is 1. The smallest absolute Gasteiger partial charge is 0.278 e. The van der Waals surface area contributed by atoms with E-state index in [1.54, 1.807) is 18.2 Å². The van der Waals surface area contributed by atoms with Crippen LogP contribution in [0.5, 0.6) is 0 Å². The van der Waals surface area contributed by atoms with E-state index in [1.807, 2.05) is 32.0 Å². The number of aryl methyl sites for hydroxylation is 2. The topological polar surface area (TPSA) is 62.6 Å². The van der Waals surface area contributed by atoms with Crippen molar-refractivity contribution < 1.29 is 18.4 Å². The first-order valence-corrected chi connectivity index (χ1v) is 9.17. The molecule has 0 saturated heterocycles. The summed E-state index contributed by atoms with van der Waals surface area (Å²) in [5, 5.41) is 2.95. The van der Waals surface area contributed by atoms with Gasteiger partial charge < -0.3 is 9.73 Å². The van der Waals surface area contributed by atoms with Gasteiger partial charge in [0, 0.05) is 5.69 Å². The van der Waals surface area contributed by atoms with E-state index in [2.05, 4.69) is 5.32 Å². The van der Waals surface area contributed by atoms with Crippen molar-refractivity contribution in [3.8, 4) is 0 Å². The largest absolute Gasteiger partial charge is 0.467 e. The Morgan fingerprint density at radius 3 is 2.48 bits per heavy atom. The van der Waals surface area contributed by atoms with Gasteiger partial charge in [0.15, 0.2) is 0 Å². The molecule has 1 aliphatic rings. The first-order chi connectivity index (χ1) is 13.9. The number of halogens is 1. The Morgan fingerprint density at radius 2 is 1.79 bits per heavy atom. The third kappa shape index (κ3) is 3.57. The van der Waals surface area contributed by atoms with Crippen LogP contribution in [0.4, 0.5) is 10.1 Å². The fourth-order valence-electron chi connectivity index (χ4n) is 3.27. The van der Waals surface area contributed by atoms with Crippen molar-refractivity contribution in [1.82, 2.24) is 4.90 Å². The van der Waals surface area contributed by atoms with E-state index >= 15 is 0 Å². The van der Waals surface area contributed by atoms with Crippen molar-refractivity contribution in [1.29, 1.82) is 0 Å². The quantitative estimate of drug-likeness (QED) is 0.655. The molecule has 0 radical (unpaired) electrons. The minimum Gasteiger partial charge on any atom is -0.467 e. The van der Waals surface area contributed by atoms with E-state index in [9.17, 15) is 14.0 Å². The number of carbonyl (C=O) groups is 2. The highest BCUT2D eigenvalue weighted by molar-refractivity contribution is 6.36. The minimum absolute atomic E-state index is 0.0212. The lowest BCUT2D eigenvalue weighted by molar-refractivity contribution is -0.137. The van der Waals surface area contributed by atoms with Crippen molar-refractivity contribution in [3.63, 3.8) is 0 Å². The molecule has 0 spiro atoms. The summed E-state index contributed by atoms with van der Waals surface area (Å²) >= 11 is 0. The number of nitrogens with zero attached hydrogens (tertiary/aromatic N) is 1. The average Bonchev–Trinajstić information content (AvgIpc) is 3.28. The summed E-state index contributed by atoms with van der Waals surface area (Å²) < 4.78 is 18.9. The van der Waals surface area contributed by atoms with Crippen LogP contribution in [0.15, 0.2) is 71.0 Å². The van der Waals surface area contributed by atoms with Crippen LogP contribution in [-0.4, -0.2) is 16.7 Å². The van der Waals surface area contributed by atoms with Gasteiger partial charge in [0.25, 0.3) is 11.8 Å². The van der Waals surface area contributed by atoms with Crippen molar-refractivity contribution >= 4 is 23.1 Å². The van der Waals surface area contributed by atoms with Gasteiger partial charge in [-0.15, -0.1) is 0 Å². The number of imide groups is 1. The Bertz CT molecular complexity index is 1130. The van der Waals surface area contributed by atoms with Crippen LogP contribution in [0.25, 0.3) is 5.57 Å². The number of hydrogen-bond acceptors (Lipinski definition) is 4. The van der Waals surface area contributed by atoms with Gasteiger partial charge in [0.05, 0.1) is 18.4 Å². The highest BCUT2D eigenvalue weighted by atomic mass is 19.1. The fraction of sp³-hybridized carbons (Fsp3) is 0.130. The molecular formula is C23H19FN2O3. The van der Waals surface area contributed by atoms with Crippen molar-refractivity contribution in [2.75, 3.05) is 5.32 Å². The highest BCUT2D eigenvalue weighted by Gasteiger charge is 2.39. The summed E-state index contributed by atoms with van der Waals surface area (Å²) in [6.45, 7) is 3.94. The van der Waals surface area contributed by atoms with Crippen LogP contribution in [0, 0.1) is 19.7 Å². The molecule has 2 heterocycles. The molecule has 1 aliphatic heterocycles. The monoisotopic (exact) mass is 390 g/mol. The van der Waals surface area contributed by atoms with E-state index in [4.69, 9.17) is 4.42 Å². The van der Waals surface area contributed by atoms with Crippen LogP contribution in [0.2, 0.25) is 0 Å². The lowest BCUT2D eigenvalue weighted by Gasteiger charge is -2.13. The van der Waals surface area contributed by atoms with E-state index in [-0.39, 0.29) is 17.8 Å². The standard InChI is InChI=1S/C23H19FN2O3/c1-14-8-9-16(11-15(14)2)20-21(25-18-6-3-5-17(24)12-18)23(28)26(22(20)27)13-19-7-4-10-29-19/h3-12,25H,13H2,1-2H3. The lowest BCUT2D eigenvalue weighted by atomic mass is 9.99. The van der Waals surface area contributed by atoms with Crippen LogP contribution in [-0.2, 0) is 16.1 Å². The van der Waals surface area contributed by atoms with Crippen LogP contribution < -0.4 is 5.32 Å². The molecule has 146 valence electrons. The Labute approximate surface area is 167 Å². The maximum atomic E-state index is 13.6. The van der Waals surface area contributed by atoms with Crippen molar-refractivity contribution in [2.24, 2.45) is 0 Å². The van der Waals surface area contributed by atoms with Crippen LogP contribution >= 0.6 is 0 Å². The molecule has 0 fully saturated rings. The Balaban J connectivity index is 1.78. The number of furan rings is 1. The molecule has 1 aromatic heterocycles. The van der Waals surface area contributed by atoms with Gasteiger partial charge >= 0.3 is 0 Å². The molecule has 6 heteroatoms. The average molecular weight is 390 g/mol. The minimum atomic E-state index is -0.483. The molecule has 0 unspecified atom stereocenters. The van der Waals surface area contributed by atoms with E-state index in [0.29, 0.717) is 17.0 Å². The van der Waals surface area contributed by atoms with E-state index in [1.165, 1.54) is 24.5 Å². The molecule has 0 aliphatic carbocycles. The zero-order valence-corrected chi connectivity index (χ0v) is 16.0. The summed E-state index contributed by atoms with van der Waals surface area (Å²) in [6, 6.07) is 14.8. The normalized spacial score (nSPS) is 14.1. The van der Waals surface area contributed by atoms with Crippen molar-refractivity contribution in [3.05, 3.63) is 94.8 Å². The number of amides is 2. The predicted molar refractivity (Wildman–Crippen MR) is 107 cm³/mol. The van der Waals surface area contributed by atoms with Gasteiger partial charge in [0.2, 0.25) is 0 Å². The zero-order chi connectivity index (χ0) is 20.5. The number of anilines is 1. The van der Waals surface area contributed by atoms with Gasteiger partial charge in [-0.1, -0.05) is 24.3 Å². The second-order valence-corrected chi connectivity index (χ2v) is 6.96. The van der Waals surface area contributed by atoms with Crippen LogP contribution in [0.1, 0.15) is 22.5 Å². The summed E-state index contributed by atoms with van der Waals surface area (Å²) in [7, 11) is 0. The zero-order valence-electron chi connectivity index (χ0n) is 16.0. The maximum absolute atomic E-state index is 13.6. The molecule has 0 bridgehead atoms. The van der Waals surface area contributed by atoms with Gasteiger partial charge in [-0.3, -0.25) is 14.5 Å². The number of rotatable bonds is 5. The lowest BCUT2D eigenvalue weighted by Crippen LogP contribution is -2.31. The first-order valence-electron chi connectivity index (χ1n) is 9.17. The van der Waals surface area contributed by atoms with Crippen LogP contribution in [0.3, 0.4) is 0 Å². The predicted octanol–water partition coefficient (Wildman–Crippen LogP) is 4.43. The molecule has 0 atom stereocenters. The van der Waals surface area contributed by atoms with Gasteiger partial charge in [0.1, 0.15) is 17.3 Å². The molecule has 2 aromatic carbocycles. The Hall–Kier alpha value is -3.67. The number of carbonyl (C=O) groups excluding carboxylic acids is 2. The first kappa shape index (κ1) is 18.7. The molecule has 3 aromatic rings. The summed E-state index contributed by atoms with van der Waals surface area (Å²) in [6.07, 6.45) is 1.49. The van der Waals surface area contributed by atoms with Gasteiger partial charge in [-0.25, -0.2) is 4.39 Å². The molecule has 0 saturated carbocycles. The number of benzene rings is 2. The SMILES string of the molecule is Cc1ccc(C2=C(Nc3cccc(F)c3)C(=O)N(Cc3ccco3)C2=O)cc1C. The highest BCUT2D eigenvalue weighted by Crippen LogP contribution is 2.32. The summed E-state index contributed by atoms with van der Waals surface area (Å²) in [5.41, 5.74) is 3.49. The molecule has 1 N–H and O–H groups in total. The third-order valence-corrected chi connectivity index (χ3v) is 4.95. The second kappa shape index (κ2) is 7.39. The Morgan fingerprint density at radius 1 is 0.966 bits per heavy atom. The molecule has 2 amide bonds. The maximum Gasteiger partial charge on any atom is 0.278 e. The van der Waals surface area contributed by atoms with Gasteiger partial charge in [-0.2, -0.15) is 0 Å². The van der Waals surface area contributed by atoms with Crippen molar-refractivity contribution in [2.45, 2.75) is 20.4 Å². The summed E-state index contributed by atoms with van der Waals surface area (Å²) in [4.78, 5) is 27.4. The Kier molecular flexibility index (Phi) is 4.76. The fourth-order valence-corrected chi connectivity index (χ4v) is 3.27. The third-order valence-electron chi connectivity index (χ3n) is 4.95. The summed E-state index contributed by atoms with van der Waals surface area (Å²) in [5.74, 6) is -0.844. The molecular weight excluding hydrogens is 371 g/mol. The molecule has 29 heavy (non-hydrogen) atoms. The van der Waals surface area contributed by atoms with Gasteiger partial charge in [-0.05, 0) is 60.9 Å². The van der Waals surface area contributed by atoms with E-state index in [0.717, 1.165) is 16.0 Å². The second-order valence-electron chi connectivity index (χ2n) is 6.96. The molecule has 5 nitrogen and oxygen atoms in total. The molecule has 4 rings (SSSR count). The van der Waals surface area contributed by atoms with E-state index < -0.39 is 17.6 Å². The number of hydrogen-bond donors (Lipinski definition) is 1.